The van der Waals surface area contributed by atoms with Crippen molar-refractivity contribution in [3.05, 3.63) is 239 Å². The summed E-state index contributed by atoms with van der Waals surface area (Å²) in [4.78, 5) is 2.40. The minimum atomic E-state index is 0.0164. The highest BCUT2D eigenvalue weighted by Gasteiger charge is 2.40. The Morgan fingerprint density at radius 1 is 0.398 bits per heavy atom. The molecule has 8 aromatic rings. The molecule has 1 nitrogen and oxygen atoms in total. The minimum absolute atomic E-state index is 0.0164. The van der Waals surface area contributed by atoms with Gasteiger partial charge < -0.3 is 4.90 Å². The van der Waals surface area contributed by atoms with E-state index in [0.29, 0.717) is 0 Å². The van der Waals surface area contributed by atoms with Crippen molar-refractivity contribution >= 4 is 56.2 Å². The first kappa shape index (κ1) is 68.5. The number of anilines is 3. The average Bonchev–Trinajstić information content (AvgIpc) is 0.876. The molecule has 0 fully saturated rings. The quantitative estimate of drug-likeness (QED) is 0.154. The summed E-state index contributed by atoms with van der Waals surface area (Å²) in [5.41, 5.74) is 27.9. The summed E-state index contributed by atoms with van der Waals surface area (Å²) in [7, 11) is 0. The van der Waals surface area contributed by atoms with Crippen molar-refractivity contribution in [2.75, 3.05) is 4.90 Å². The fourth-order valence-corrected chi connectivity index (χ4v) is 14.7. The molecule has 0 saturated carbocycles. The van der Waals surface area contributed by atoms with Gasteiger partial charge in [-0.15, -0.1) is 0 Å². The van der Waals surface area contributed by atoms with Gasteiger partial charge in [-0.25, -0.2) is 0 Å². The van der Waals surface area contributed by atoms with E-state index in [4.69, 9.17) is 23.2 Å². The van der Waals surface area contributed by atoms with Crippen LogP contribution in [0.2, 0.25) is 10.0 Å². The Morgan fingerprint density at radius 3 is 1.38 bits per heavy atom. The first-order chi connectivity index (χ1) is 40.6. The predicted molar refractivity (Wildman–Crippen MR) is 391 cm³/mol. The topological polar surface area (TPSA) is 3.24 Å². The molecule has 88 heavy (non-hydrogen) atoms. The van der Waals surface area contributed by atoms with Crippen molar-refractivity contribution in [3.63, 3.8) is 0 Å². The van der Waals surface area contributed by atoms with Gasteiger partial charge in [0.25, 0.3) is 0 Å². The van der Waals surface area contributed by atoms with Crippen LogP contribution in [0.5, 0.6) is 0 Å². The molecular weight excluding hydrogens is 1170 g/mol. The van der Waals surface area contributed by atoms with Gasteiger partial charge in [0, 0.05) is 31.5 Å². The molecule has 466 valence electrons. The Bertz CT molecular complexity index is 3730. The lowest BCUT2D eigenvalue weighted by atomic mass is 9.61. The normalized spacial score (nSPS) is 15.8. The van der Waals surface area contributed by atoms with Crippen LogP contribution in [0.15, 0.2) is 156 Å². The zero-order valence-corrected chi connectivity index (χ0v) is 61.1. The average molecular weight is 1280 g/mol. The highest BCUT2D eigenvalue weighted by atomic mass is 79.9. The second-order valence-corrected chi connectivity index (χ2v) is 34.5. The molecule has 0 amide bonds. The van der Waals surface area contributed by atoms with Crippen LogP contribution in [0.4, 0.5) is 17.1 Å². The van der Waals surface area contributed by atoms with E-state index in [1.54, 1.807) is 0 Å². The van der Waals surface area contributed by atoms with Gasteiger partial charge in [-0.3, -0.25) is 0 Å². The maximum Gasteiger partial charge on any atom is 0.0540 e. The van der Waals surface area contributed by atoms with E-state index in [0.717, 1.165) is 37.9 Å². The molecule has 0 spiro atoms. The summed E-state index contributed by atoms with van der Waals surface area (Å²) in [6.07, 6.45) is 5.85. The molecule has 2 aliphatic carbocycles. The molecule has 0 bridgehead atoms. The second-order valence-electron chi connectivity index (χ2n) is 32.7. The molecule has 0 saturated heterocycles. The standard InChI is InChI=1S/C42H52ClN.C35H46.C7H6BrCl/c1-27-23-31(43)26-33(24-27)44(32-16-13-29(14-17-32)39(3,4)5)37-20-15-30(40(6,7)8)25-35(37)34-18-19-36-38(28(34)2)42(11,12)22-21-41(36,9)10;1-32(2,3)27-15-11-24(12-16-27)21-25-13-17-28(33(4,5)6)23-29(25)26-14-18-30-31(22-26)35(9,10)20-19-34(30,7)8;1-5-2-6(8)4-7(9)3-5/h13-20,23-26H,21-22H2,1-12H3;11-18,22-23H,19-21H2,1-10H3;2-4H,1H3. The summed E-state index contributed by atoms with van der Waals surface area (Å²) in [5, 5.41) is 1.53. The Morgan fingerprint density at radius 2 is 0.852 bits per heavy atom. The van der Waals surface area contributed by atoms with Crippen LogP contribution in [0, 0.1) is 20.8 Å². The van der Waals surface area contributed by atoms with E-state index in [-0.39, 0.29) is 43.3 Å². The van der Waals surface area contributed by atoms with E-state index in [1.165, 1.54) is 120 Å². The first-order valence-electron chi connectivity index (χ1n) is 32.3. The van der Waals surface area contributed by atoms with Gasteiger partial charge in [0.2, 0.25) is 0 Å². The summed E-state index contributed by atoms with van der Waals surface area (Å²) in [6.45, 7) is 53.4. The lowest BCUT2D eigenvalue weighted by Gasteiger charge is -2.43. The van der Waals surface area contributed by atoms with Crippen LogP contribution in [-0.4, -0.2) is 0 Å². The van der Waals surface area contributed by atoms with Crippen LogP contribution in [0.1, 0.15) is 236 Å². The second kappa shape index (κ2) is 25.4. The van der Waals surface area contributed by atoms with E-state index in [2.05, 4.69) is 301 Å². The van der Waals surface area contributed by atoms with Crippen molar-refractivity contribution in [1.29, 1.82) is 0 Å². The third-order valence-electron chi connectivity index (χ3n) is 19.3. The molecule has 4 heteroatoms. The van der Waals surface area contributed by atoms with Crippen LogP contribution >= 0.6 is 39.1 Å². The highest BCUT2D eigenvalue weighted by Crippen LogP contribution is 2.52. The van der Waals surface area contributed by atoms with Crippen molar-refractivity contribution in [1.82, 2.24) is 0 Å². The zero-order chi connectivity index (χ0) is 65.1. The molecule has 0 unspecified atom stereocenters. The van der Waals surface area contributed by atoms with E-state index < -0.39 is 0 Å². The third-order valence-corrected chi connectivity index (χ3v) is 20.2. The van der Waals surface area contributed by atoms with Gasteiger partial charge in [-0.2, -0.15) is 0 Å². The Labute approximate surface area is 552 Å². The predicted octanol–water partition coefficient (Wildman–Crippen LogP) is 26.3. The van der Waals surface area contributed by atoms with Crippen molar-refractivity contribution < 1.29 is 0 Å². The Balaban J connectivity index is 0.000000203. The number of benzene rings is 8. The third kappa shape index (κ3) is 15.7. The van der Waals surface area contributed by atoms with Gasteiger partial charge in [-0.1, -0.05) is 269 Å². The first-order valence-corrected chi connectivity index (χ1v) is 33.9. The van der Waals surface area contributed by atoms with Gasteiger partial charge in [0.15, 0.2) is 0 Å². The minimum Gasteiger partial charge on any atom is -0.310 e. The van der Waals surface area contributed by atoms with E-state index in [9.17, 15) is 0 Å². The van der Waals surface area contributed by atoms with Gasteiger partial charge in [0.1, 0.15) is 0 Å². The summed E-state index contributed by atoms with van der Waals surface area (Å²) < 4.78 is 1.03. The summed E-state index contributed by atoms with van der Waals surface area (Å²) in [5.74, 6) is 0. The Hall–Kier alpha value is -5.38. The van der Waals surface area contributed by atoms with Crippen LogP contribution < -0.4 is 4.90 Å². The number of hydrogen-bond donors (Lipinski definition) is 0. The molecule has 0 aromatic heterocycles. The van der Waals surface area contributed by atoms with Crippen molar-refractivity contribution in [2.24, 2.45) is 0 Å². The van der Waals surface area contributed by atoms with Gasteiger partial charge >= 0.3 is 0 Å². The maximum absolute atomic E-state index is 6.73. The molecule has 0 radical (unpaired) electrons. The SMILES string of the molecule is CC(C)(C)c1ccc(Cc2ccc(C(C)(C)C)cc2-c2ccc3c(c2)C(C)(C)CCC3(C)C)cc1.Cc1cc(Cl)cc(Br)c1.Cc1cc(Cl)cc(N(c2ccc(C(C)(C)C)cc2)c2ccc(C(C)(C)C)cc2-c2ccc3c(c2C)C(C)(C)CCC3(C)C)c1. The lowest BCUT2D eigenvalue weighted by molar-refractivity contribution is 0.330. The number of aryl methyl sites for hydroxylation is 2. The largest absolute Gasteiger partial charge is 0.310 e. The van der Waals surface area contributed by atoms with Crippen LogP contribution in [0.25, 0.3) is 22.3 Å². The number of halogens is 3. The Kier molecular flexibility index (Phi) is 19.8. The van der Waals surface area contributed by atoms with Gasteiger partial charge in [-0.05, 0) is 246 Å². The zero-order valence-electron chi connectivity index (χ0n) is 58.1. The fraction of sp³-hybridized carbons (Fsp3) is 0.429. The van der Waals surface area contributed by atoms with Crippen molar-refractivity contribution in [3.8, 4) is 22.3 Å². The number of nitrogens with zero attached hydrogens (tertiary/aromatic N) is 1. The lowest BCUT2D eigenvalue weighted by Crippen LogP contribution is -2.34. The molecular formula is C84H104BrCl2N. The highest BCUT2D eigenvalue weighted by molar-refractivity contribution is 9.10. The number of fused-ring (bicyclic) bond motifs is 2. The summed E-state index contributed by atoms with van der Waals surface area (Å²) in [6, 6.07) is 57.0. The molecule has 2 aliphatic rings. The van der Waals surface area contributed by atoms with Gasteiger partial charge in [0.05, 0.1) is 5.69 Å². The van der Waals surface area contributed by atoms with E-state index in [1.807, 2.05) is 31.2 Å². The van der Waals surface area contributed by atoms with Crippen LogP contribution in [0.3, 0.4) is 0 Å². The van der Waals surface area contributed by atoms with E-state index >= 15 is 0 Å². The molecule has 0 aliphatic heterocycles. The molecule has 0 atom stereocenters. The molecule has 8 aromatic carbocycles. The number of hydrogen-bond acceptors (Lipinski definition) is 1. The number of rotatable bonds is 7. The monoisotopic (exact) mass is 1280 g/mol. The summed E-state index contributed by atoms with van der Waals surface area (Å²) >= 11 is 15.8. The molecule has 0 N–H and O–H groups in total. The fourth-order valence-electron chi connectivity index (χ4n) is 13.4. The van der Waals surface area contributed by atoms with Crippen molar-refractivity contribution in [2.45, 2.75) is 235 Å². The maximum atomic E-state index is 6.73. The molecule has 0 heterocycles. The van der Waals surface area contributed by atoms with Crippen LogP contribution in [-0.2, 0) is 49.7 Å². The smallest absolute Gasteiger partial charge is 0.0540 e. The molecule has 10 rings (SSSR count).